The molecule has 0 amide bonds. The van der Waals surface area contributed by atoms with Gasteiger partial charge in [-0.2, -0.15) is 0 Å². The number of aryl methyl sites for hydroxylation is 2. The van der Waals surface area contributed by atoms with Crippen LogP contribution < -0.4 is 0 Å². The molecule has 1 rings (SSSR count). The van der Waals surface area contributed by atoms with E-state index in [9.17, 15) is 5.11 Å². The molecule has 0 saturated carbocycles. The van der Waals surface area contributed by atoms with Crippen LogP contribution in [0.2, 0.25) is 0 Å². The first kappa shape index (κ1) is 10.1. The molecular formula is C12H18O. The van der Waals surface area contributed by atoms with Crippen LogP contribution in [-0.2, 0) is 12.8 Å². The zero-order valence-corrected chi connectivity index (χ0v) is 8.72. The van der Waals surface area contributed by atoms with Gasteiger partial charge >= 0.3 is 0 Å². The molecule has 0 fully saturated rings. The van der Waals surface area contributed by atoms with Gasteiger partial charge in [0.2, 0.25) is 0 Å². The maximum Gasteiger partial charge on any atom is 0.119 e. The summed E-state index contributed by atoms with van der Waals surface area (Å²) in [4.78, 5) is 0. The molecule has 0 aromatic heterocycles. The number of benzene rings is 1. The second kappa shape index (κ2) is 4.31. The summed E-state index contributed by atoms with van der Waals surface area (Å²) < 4.78 is 0. The third-order valence-electron chi connectivity index (χ3n) is 2.42. The zero-order chi connectivity index (χ0) is 9.84. The predicted molar refractivity (Wildman–Crippen MR) is 56.2 cm³/mol. The van der Waals surface area contributed by atoms with Gasteiger partial charge in [0.15, 0.2) is 0 Å². The molecule has 0 saturated heterocycles. The third-order valence-corrected chi connectivity index (χ3v) is 2.42. The zero-order valence-electron chi connectivity index (χ0n) is 8.72. The summed E-state index contributed by atoms with van der Waals surface area (Å²) in [5.74, 6) is 0.471. The van der Waals surface area contributed by atoms with Crippen LogP contribution in [0.4, 0.5) is 0 Å². The molecule has 1 heteroatoms. The molecule has 0 bridgehead atoms. The predicted octanol–water partition coefficient (Wildman–Crippen LogP) is 3.22. The van der Waals surface area contributed by atoms with Gasteiger partial charge in [-0.3, -0.25) is 0 Å². The number of rotatable bonds is 3. The molecule has 0 heterocycles. The highest BCUT2D eigenvalue weighted by Gasteiger charge is 2.05. The maximum atomic E-state index is 9.73. The maximum absolute atomic E-state index is 9.73. The van der Waals surface area contributed by atoms with E-state index in [0.29, 0.717) is 5.75 Å². The third kappa shape index (κ3) is 2.24. The van der Waals surface area contributed by atoms with E-state index in [4.69, 9.17) is 0 Å². The molecule has 0 aliphatic rings. The lowest BCUT2D eigenvalue weighted by Gasteiger charge is -2.09. The Balaban J connectivity index is 3.07. The van der Waals surface area contributed by atoms with Gasteiger partial charge in [0.05, 0.1) is 0 Å². The number of hydrogen-bond acceptors (Lipinski definition) is 1. The van der Waals surface area contributed by atoms with E-state index in [2.05, 4.69) is 26.8 Å². The Kier molecular flexibility index (Phi) is 3.35. The van der Waals surface area contributed by atoms with Gasteiger partial charge < -0.3 is 5.11 Å². The average molecular weight is 178 g/mol. The molecule has 0 aliphatic heterocycles. The topological polar surface area (TPSA) is 20.2 Å². The van der Waals surface area contributed by atoms with Crippen molar-refractivity contribution < 1.29 is 5.11 Å². The lowest BCUT2D eigenvalue weighted by molar-refractivity contribution is 0.466. The molecular weight excluding hydrogens is 160 g/mol. The highest BCUT2D eigenvalue weighted by Crippen LogP contribution is 2.24. The molecule has 0 unspecified atom stereocenters. The first-order valence-corrected chi connectivity index (χ1v) is 5.00. The molecule has 0 atom stereocenters. The summed E-state index contributed by atoms with van der Waals surface area (Å²) in [6.07, 6.45) is 3.04. The van der Waals surface area contributed by atoms with E-state index in [1.165, 1.54) is 11.1 Å². The fourth-order valence-corrected chi connectivity index (χ4v) is 1.65. The molecule has 0 aliphatic carbocycles. The van der Waals surface area contributed by atoms with Gasteiger partial charge in [-0.05, 0) is 42.5 Å². The summed E-state index contributed by atoms with van der Waals surface area (Å²) in [7, 11) is 0. The van der Waals surface area contributed by atoms with Gasteiger partial charge in [0.1, 0.15) is 5.75 Å². The van der Waals surface area contributed by atoms with Gasteiger partial charge in [-0.15, -0.1) is 0 Å². The van der Waals surface area contributed by atoms with Gasteiger partial charge in [0.25, 0.3) is 0 Å². The Hall–Kier alpha value is -0.980. The Morgan fingerprint density at radius 3 is 2.38 bits per heavy atom. The van der Waals surface area contributed by atoms with Gasteiger partial charge in [-0.25, -0.2) is 0 Å². The minimum atomic E-state index is 0.471. The average Bonchev–Trinajstić information content (AvgIpc) is 2.11. The molecule has 1 nitrogen and oxygen atoms in total. The van der Waals surface area contributed by atoms with Crippen molar-refractivity contribution in [2.24, 2.45) is 0 Å². The Morgan fingerprint density at radius 1 is 1.23 bits per heavy atom. The van der Waals surface area contributed by atoms with Crippen LogP contribution in [0.1, 0.15) is 37.0 Å². The normalized spacial score (nSPS) is 10.4. The molecule has 1 N–H and O–H groups in total. The monoisotopic (exact) mass is 178 g/mol. The van der Waals surface area contributed by atoms with Crippen molar-refractivity contribution in [2.75, 3.05) is 0 Å². The summed E-state index contributed by atoms with van der Waals surface area (Å²) in [5, 5.41) is 9.73. The van der Waals surface area contributed by atoms with Crippen LogP contribution in [0.25, 0.3) is 0 Å². The van der Waals surface area contributed by atoms with Crippen molar-refractivity contribution in [3.8, 4) is 5.75 Å². The minimum Gasteiger partial charge on any atom is -0.508 e. The van der Waals surface area contributed by atoms with E-state index < -0.39 is 0 Å². The Labute approximate surface area is 80.4 Å². The van der Waals surface area contributed by atoms with Crippen LogP contribution in [-0.4, -0.2) is 5.11 Å². The van der Waals surface area contributed by atoms with Crippen molar-refractivity contribution in [3.05, 3.63) is 28.8 Å². The largest absolute Gasteiger partial charge is 0.508 e. The first-order valence-electron chi connectivity index (χ1n) is 5.00. The number of phenolic OH excluding ortho intramolecular Hbond substituents is 1. The van der Waals surface area contributed by atoms with E-state index >= 15 is 0 Å². The molecule has 0 radical (unpaired) electrons. The van der Waals surface area contributed by atoms with Crippen LogP contribution >= 0.6 is 0 Å². The van der Waals surface area contributed by atoms with E-state index in [-0.39, 0.29) is 0 Å². The van der Waals surface area contributed by atoms with E-state index in [1.54, 1.807) is 0 Å². The second-order valence-corrected chi connectivity index (χ2v) is 3.51. The standard InChI is InChI=1S/C12H18O/c1-4-6-11-9(3)7-10(5-2)8-12(11)13/h7-8,13H,4-6H2,1-3H3. The fourth-order valence-electron chi connectivity index (χ4n) is 1.65. The molecule has 0 spiro atoms. The van der Waals surface area contributed by atoms with Crippen LogP contribution in [0, 0.1) is 6.92 Å². The van der Waals surface area contributed by atoms with Crippen molar-refractivity contribution in [3.63, 3.8) is 0 Å². The highest BCUT2D eigenvalue weighted by atomic mass is 16.3. The quantitative estimate of drug-likeness (QED) is 0.753. The van der Waals surface area contributed by atoms with E-state index in [0.717, 1.165) is 24.8 Å². The fraction of sp³-hybridized carbons (Fsp3) is 0.500. The summed E-state index contributed by atoms with van der Waals surface area (Å²) >= 11 is 0. The van der Waals surface area contributed by atoms with Crippen LogP contribution in [0.15, 0.2) is 12.1 Å². The lowest BCUT2D eigenvalue weighted by Crippen LogP contribution is -1.92. The molecule has 1 aromatic rings. The van der Waals surface area contributed by atoms with E-state index in [1.807, 2.05) is 6.07 Å². The lowest BCUT2D eigenvalue weighted by atomic mass is 9.99. The number of hydrogen-bond donors (Lipinski definition) is 1. The van der Waals surface area contributed by atoms with Crippen LogP contribution in [0.3, 0.4) is 0 Å². The number of aromatic hydroxyl groups is 1. The summed E-state index contributed by atoms with van der Waals surface area (Å²) in [6, 6.07) is 4.06. The van der Waals surface area contributed by atoms with Gasteiger partial charge in [-0.1, -0.05) is 26.3 Å². The van der Waals surface area contributed by atoms with Gasteiger partial charge in [0, 0.05) is 0 Å². The minimum absolute atomic E-state index is 0.471. The second-order valence-electron chi connectivity index (χ2n) is 3.51. The molecule has 13 heavy (non-hydrogen) atoms. The smallest absolute Gasteiger partial charge is 0.119 e. The summed E-state index contributed by atoms with van der Waals surface area (Å²) in [5.41, 5.74) is 3.55. The number of phenols is 1. The van der Waals surface area contributed by atoms with Crippen molar-refractivity contribution in [1.82, 2.24) is 0 Å². The Bertz CT molecular complexity index is 266. The summed E-state index contributed by atoms with van der Waals surface area (Å²) in [6.45, 7) is 6.31. The first-order chi connectivity index (χ1) is 6.19. The van der Waals surface area contributed by atoms with Crippen molar-refractivity contribution >= 4 is 0 Å². The van der Waals surface area contributed by atoms with Crippen molar-refractivity contribution in [1.29, 1.82) is 0 Å². The Morgan fingerprint density at radius 2 is 1.92 bits per heavy atom. The highest BCUT2D eigenvalue weighted by molar-refractivity contribution is 5.42. The molecule has 1 aromatic carbocycles. The van der Waals surface area contributed by atoms with Crippen LogP contribution in [0.5, 0.6) is 5.75 Å². The molecule has 72 valence electrons. The van der Waals surface area contributed by atoms with Crippen molar-refractivity contribution in [2.45, 2.75) is 40.0 Å². The SMILES string of the molecule is CCCc1c(C)cc(CC)cc1O.